The Kier molecular flexibility index (Phi) is 3.64. The molecule has 1 aromatic carbocycles. The number of hydrogen-bond acceptors (Lipinski definition) is 2. The van der Waals surface area contributed by atoms with Crippen molar-refractivity contribution in [3.05, 3.63) is 39.9 Å². The van der Waals surface area contributed by atoms with Crippen LogP contribution < -0.4 is 10.9 Å². The van der Waals surface area contributed by atoms with Gasteiger partial charge in [0, 0.05) is 23.8 Å². The number of halogens is 1. The highest BCUT2D eigenvalue weighted by atomic mass is 31.2. The molecule has 0 aliphatic carbocycles. The lowest BCUT2D eigenvalue weighted by molar-refractivity contribution is 0.588. The lowest BCUT2D eigenvalue weighted by Crippen LogP contribution is -2.21. The second-order valence-electron chi connectivity index (χ2n) is 5.79. The zero-order chi connectivity index (χ0) is 15.2. The molecule has 1 heterocycles. The predicted molar refractivity (Wildman–Crippen MR) is 82.3 cm³/mol. The zero-order valence-corrected chi connectivity index (χ0v) is 13.3. The third-order valence-electron chi connectivity index (χ3n) is 3.51. The first kappa shape index (κ1) is 15.0. The van der Waals surface area contributed by atoms with Crippen molar-refractivity contribution in [1.29, 1.82) is 0 Å². The number of rotatable bonds is 2. The van der Waals surface area contributed by atoms with Crippen molar-refractivity contribution in [3.63, 3.8) is 0 Å². The quantitative estimate of drug-likeness (QED) is 0.799. The van der Waals surface area contributed by atoms with E-state index in [2.05, 4.69) is 0 Å². The average molecular weight is 295 g/mol. The Morgan fingerprint density at radius 2 is 1.85 bits per heavy atom. The average Bonchev–Trinajstić information content (AvgIpc) is 2.31. The van der Waals surface area contributed by atoms with Crippen LogP contribution in [0.25, 0.3) is 10.9 Å². The van der Waals surface area contributed by atoms with E-state index in [1.165, 1.54) is 23.7 Å². The normalized spacial score (nSPS) is 12.3. The van der Waals surface area contributed by atoms with Gasteiger partial charge in [-0.1, -0.05) is 13.8 Å². The molecule has 0 amide bonds. The Morgan fingerprint density at radius 3 is 2.35 bits per heavy atom. The number of benzene rings is 1. The summed E-state index contributed by atoms with van der Waals surface area (Å²) >= 11 is 0. The molecule has 1 aromatic heterocycles. The molecule has 20 heavy (non-hydrogen) atoms. The summed E-state index contributed by atoms with van der Waals surface area (Å²) in [6, 6.07) is 4.40. The van der Waals surface area contributed by atoms with Crippen molar-refractivity contribution in [2.45, 2.75) is 19.8 Å². The number of aromatic nitrogens is 1. The Morgan fingerprint density at radius 1 is 1.25 bits per heavy atom. The molecule has 3 nitrogen and oxygen atoms in total. The van der Waals surface area contributed by atoms with Gasteiger partial charge in [0.05, 0.1) is 5.52 Å². The van der Waals surface area contributed by atoms with E-state index in [0.29, 0.717) is 10.7 Å². The van der Waals surface area contributed by atoms with Gasteiger partial charge in [0.25, 0.3) is 5.56 Å². The van der Waals surface area contributed by atoms with Crippen LogP contribution in [0.3, 0.4) is 0 Å². The number of aryl methyl sites for hydroxylation is 1. The molecule has 0 aliphatic heterocycles. The summed E-state index contributed by atoms with van der Waals surface area (Å²) in [4.78, 5) is 11.7. The predicted octanol–water partition coefficient (Wildman–Crippen LogP) is 3.05. The van der Waals surface area contributed by atoms with E-state index in [1.807, 2.05) is 13.8 Å². The Bertz CT molecular complexity index is 787. The summed E-state index contributed by atoms with van der Waals surface area (Å²) in [5.74, 6) is -0.379. The zero-order valence-electron chi connectivity index (χ0n) is 12.4. The third-order valence-corrected chi connectivity index (χ3v) is 5.09. The van der Waals surface area contributed by atoms with Crippen molar-refractivity contribution in [3.8, 4) is 0 Å². The first-order valence-electron chi connectivity index (χ1n) is 6.52. The molecule has 108 valence electrons. The second kappa shape index (κ2) is 4.85. The number of fused-ring (bicyclic) bond motifs is 1. The van der Waals surface area contributed by atoms with E-state index >= 15 is 0 Å². The lowest BCUT2D eigenvalue weighted by atomic mass is 10.0. The van der Waals surface area contributed by atoms with E-state index in [4.69, 9.17) is 0 Å². The molecule has 0 saturated carbocycles. The first-order chi connectivity index (χ1) is 9.14. The van der Waals surface area contributed by atoms with E-state index < -0.39 is 13.0 Å². The van der Waals surface area contributed by atoms with Crippen LogP contribution in [-0.4, -0.2) is 17.9 Å². The lowest BCUT2D eigenvalue weighted by Gasteiger charge is -2.20. The molecule has 0 spiro atoms. The number of nitrogens with zero attached hydrogens (tertiary/aromatic N) is 1. The molecule has 0 unspecified atom stereocenters. The molecule has 0 radical (unpaired) electrons. The molecular formula is C15H19FNO2P. The van der Waals surface area contributed by atoms with Gasteiger partial charge < -0.3 is 9.13 Å². The fraction of sp³-hybridized carbons (Fsp3) is 0.400. The van der Waals surface area contributed by atoms with Gasteiger partial charge in [-0.3, -0.25) is 4.79 Å². The Balaban J connectivity index is 3.11. The molecular weight excluding hydrogens is 276 g/mol. The molecule has 2 aromatic rings. The summed E-state index contributed by atoms with van der Waals surface area (Å²) in [6.07, 6.45) is 0. The van der Waals surface area contributed by atoms with E-state index in [0.717, 1.165) is 5.56 Å². The molecule has 0 N–H and O–H groups in total. The maximum Gasteiger partial charge on any atom is 0.250 e. The van der Waals surface area contributed by atoms with Crippen molar-refractivity contribution in [2.24, 2.45) is 7.05 Å². The largest absolute Gasteiger partial charge is 0.319 e. The minimum absolute atomic E-state index is 0.0642. The highest BCUT2D eigenvalue weighted by Crippen LogP contribution is 2.41. The standard InChI is InChI=1S/C15H19FNO2P/c1-9(2)11-8-12(16)14-10(15(11)20(4,5)19)6-7-13(18)17(14)3/h6-9H,1-5H3. The van der Waals surface area contributed by atoms with Crippen molar-refractivity contribution >= 4 is 23.3 Å². The van der Waals surface area contributed by atoms with E-state index in [-0.39, 0.29) is 17.0 Å². The maximum absolute atomic E-state index is 14.4. The maximum atomic E-state index is 14.4. The van der Waals surface area contributed by atoms with Crippen LogP contribution in [0.15, 0.2) is 23.0 Å². The van der Waals surface area contributed by atoms with Crippen molar-refractivity contribution < 1.29 is 8.96 Å². The van der Waals surface area contributed by atoms with Crippen LogP contribution in [0.5, 0.6) is 0 Å². The summed E-state index contributed by atoms with van der Waals surface area (Å²) in [5, 5.41) is 1.25. The molecule has 2 rings (SSSR count). The smallest absolute Gasteiger partial charge is 0.250 e. The van der Waals surface area contributed by atoms with Crippen molar-refractivity contribution in [2.75, 3.05) is 13.3 Å². The van der Waals surface area contributed by atoms with Gasteiger partial charge in [-0.2, -0.15) is 0 Å². The number of hydrogen-bond donors (Lipinski definition) is 0. The highest BCUT2D eigenvalue weighted by molar-refractivity contribution is 7.70. The fourth-order valence-electron chi connectivity index (χ4n) is 2.59. The molecule has 0 atom stereocenters. The molecule has 0 saturated heterocycles. The Labute approximate surface area is 117 Å². The highest BCUT2D eigenvalue weighted by Gasteiger charge is 2.24. The van der Waals surface area contributed by atoms with Gasteiger partial charge in [0.1, 0.15) is 13.0 Å². The fourth-order valence-corrected chi connectivity index (χ4v) is 4.29. The summed E-state index contributed by atoms with van der Waals surface area (Å²) in [5.41, 5.74) is 0.699. The molecule has 0 bridgehead atoms. The molecule has 5 heteroatoms. The number of pyridine rings is 1. The topological polar surface area (TPSA) is 39.1 Å². The van der Waals surface area contributed by atoms with Gasteiger partial charge in [-0.05, 0) is 36.9 Å². The summed E-state index contributed by atoms with van der Waals surface area (Å²) in [6.45, 7) is 7.25. The second-order valence-corrected chi connectivity index (χ2v) is 8.94. The molecule has 0 aliphatic rings. The summed E-state index contributed by atoms with van der Waals surface area (Å²) < 4.78 is 28.3. The van der Waals surface area contributed by atoms with Crippen LogP contribution in [0.2, 0.25) is 0 Å². The van der Waals surface area contributed by atoms with E-state index in [9.17, 15) is 13.8 Å². The van der Waals surface area contributed by atoms with Crippen LogP contribution in [-0.2, 0) is 11.6 Å². The monoisotopic (exact) mass is 295 g/mol. The van der Waals surface area contributed by atoms with Gasteiger partial charge in [-0.15, -0.1) is 0 Å². The van der Waals surface area contributed by atoms with Gasteiger partial charge in [0.15, 0.2) is 0 Å². The first-order valence-corrected chi connectivity index (χ1v) is 9.12. The van der Waals surface area contributed by atoms with Gasteiger partial charge >= 0.3 is 0 Å². The molecule has 0 fully saturated rings. The van der Waals surface area contributed by atoms with Gasteiger partial charge in [-0.25, -0.2) is 4.39 Å². The summed E-state index contributed by atoms with van der Waals surface area (Å²) in [7, 11) is -1.06. The SMILES string of the molecule is CC(C)c1cc(F)c2c(ccc(=O)n2C)c1P(C)(C)=O. The van der Waals surface area contributed by atoms with Gasteiger partial charge in [0.2, 0.25) is 0 Å². The minimum atomic E-state index is -2.59. The minimum Gasteiger partial charge on any atom is -0.319 e. The van der Waals surface area contributed by atoms with Crippen LogP contribution in [0.1, 0.15) is 25.3 Å². The Hall–Kier alpha value is -1.41. The van der Waals surface area contributed by atoms with Crippen molar-refractivity contribution in [1.82, 2.24) is 4.57 Å². The van der Waals surface area contributed by atoms with E-state index in [1.54, 1.807) is 19.4 Å². The van der Waals surface area contributed by atoms with Crippen LogP contribution >= 0.6 is 7.14 Å². The third kappa shape index (κ3) is 2.33. The van der Waals surface area contributed by atoms with Crippen LogP contribution in [0, 0.1) is 5.82 Å². The van der Waals surface area contributed by atoms with Crippen LogP contribution in [0.4, 0.5) is 4.39 Å².